The molecule has 1 heterocycles. The predicted molar refractivity (Wildman–Crippen MR) is 56.6 cm³/mol. The molecule has 0 aromatic carbocycles. The molecule has 1 rings (SSSR count). The molecule has 0 radical (unpaired) electrons. The number of hydrogen-bond donors (Lipinski definition) is 0. The van der Waals surface area contributed by atoms with Crippen LogP contribution >= 0.6 is 0 Å². The molecule has 1 fully saturated rings. The van der Waals surface area contributed by atoms with Crippen molar-refractivity contribution in [2.24, 2.45) is 4.52 Å². The summed E-state index contributed by atoms with van der Waals surface area (Å²) in [5.41, 5.74) is -2.39. The normalized spacial score (nSPS) is 23.6. The molecule has 1 aliphatic heterocycles. The van der Waals surface area contributed by atoms with E-state index >= 15 is 0 Å². The van der Waals surface area contributed by atoms with Gasteiger partial charge >= 0.3 is 15.7 Å². The van der Waals surface area contributed by atoms with Gasteiger partial charge < -0.3 is 14.7 Å². The van der Waals surface area contributed by atoms with E-state index in [1.54, 1.807) is 0 Å². The molecular formula is C7H13N3O7S. The summed E-state index contributed by atoms with van der Waals surface area (Å²) in [6.07, 6.45) is 0.653. The highest BCUT2D eigenvalue weighted by Gasteiger charge is 2.60. The first-order valence-electron chi connectivity index (χ1n) is 4.81. The second-order valence-corrected chi connectivity index (χ2v) is 5.93. The van der Waals surface area contributed by atoms with Crippen molar-refractivity contribution in [3.63, 3.8) is 0 Å². The van der Waals surface area contributed by atoms with Crippen molar-refractivity contribution in [1.82, 2.24) is 0 Å². The molecule has 0 amide bonds. The maximum Gasteiger partial charge on any atom is 0.484 e. The fraction of sp³-hybridized carbons (Fsp3) is 1.00. The summed E-state index contributed by atoms with van der Waals surface area (Å²) in [7, 11) is -4.05. The van der Waals surface area contributed by atoms with Crippen molar-refractivity contribution in [2.45, 2.75) is 25.3 Å². The van der Waals surface area contributed by atoms with Gasteiger partial charge in [0.15, 0.2) is 19.0 Å². The molecule has 1 saturated heterocycles. The summed E-state index contributed by atoms with van der Waals surface area (Å²) in [5, 5.41) is 22.5. The van der Waals surface area contributed by atoms with Gasteiger partial charge in [-0.25, -0.2) is 0 Å². The van der Waals surface area contributed by atoms with Gasteiger partial charge in [0.1, 0.15) is 9.44 Å². The van der Waals surface area contributed by atoms with Crippen LogP contribution in [0.5, 0.6) is 0 Å². The summed E-state index contributed by atoms with van der Waals surface area (Å²) in [5.74, 6) is -1.08. The molecular weight excluding hydrogens is 270 g/mol. The van der Waals surface area contributed by atoms with E-state index in [1.807, 2.05) is 0 Å². The lowest BCUT2D eigenvalue weighted by molar-refractivity contribution is -0.824. The van der Waals surface area contributed by atoms with Crippen LogP contribution in [0.1, 0.15) is 13.8 Å². The largest absolute Gasteiger partial charge is 0.593 e. The first-order chi connectivity index (χ1) is 7.99. The van der Waals surface area contributed by atoms with E-state index in [9.17, 15) is 23.7 Å². The lowest BCUT2D eigenvalue weighted by Gasteiger charge is -2.34. The van der Waals surface area contributed by atoms with Crippen molar-refractivity contribution in [2.75, 3.05) is 19.5 Å². The zero-order valence-corrected chi connectivity index (χ0v) is 10.8. The molecule has 0 N–H and O–H groups in total. The highest BCUT2D eigenvalue weighted by Crippen LogP contribution is 2.26. The quantitative estimate of drug-likeness (QED) is 0.227. The van der Waals surface area contributed by atoms with E-state index < -0.39 is 44.5 Å². The van der Waals surface area contributed by atoms with Crippen molar-refractivity contribution in [3.05, 3.63) is 15.3 Å². The van der Waals surface area contributed by atoms with E-state index in [2.05, 4.69) is 4.52 Å². The number of nitrogens with zero attached hydrogens (tertiary/aromatic N) is 3. The van der Waals surface area contributed by atoms with Crippen LogP contribution in [0.15, 0.2) is 4.52 Å². The van der Waals surface area contributed by atoms with Gasteiger partial charge in [0.05, 0.1) is 6.26 Å². The fourth-order valence-electron chi connectivity index (χ4n) is 1.16. The van der Waals surface area contributed by atoms with Crippen LogP contribution in [0, 0.1) is 15.3 Å². The smallest absolute Gasteiger partial charge is 0.484 e. The van der Waals surface area contributed by atoms with E-state index in [0.717, 1.165) is 0 Å². The van der Waals surface area contributed by atoms with Gasteiger partial charge in [-0.05, 0) is 18.7 Å². The zero-order valence-electron chi connectivity index (χ0n) is 10.0. The van der Waals surface area contributed by atoms with Crippen LogP contribution < -0.4 is 0 Å². The maximum absolute atomic E-state index is 11.6. The zero-order chi connectivity index (χ0) is 14.2. The molecule has 1 aliphatic rings. The van der Waals surface area contributed by atoms with Crippen LogP contribution in [-0.4, -0.2) is 49.1 Å². The van der Waals surface area contributed by atoms with Crippen LogP contribution in [0.4, 0.5) is 0 Å². The van der Waals surface area contributed by atoms with Crippen molar-refractivity contribution in [3.8, 4) is 0 Å². The van der Waals surface area contributed by atoms with Crippen LogP contribution in [0.25, 0.3) is 0 Å². The number of rotatable bonds is 3. The van der Waals surface area contributed by atoms with Crippen molar-refractivity contribution in [1.29, 1.82) is 0 Å². The first-order valence-corrected chi connectivity index (χ1v) is 6.66. The monoisotopic (exact) mass is 283 g/mol. The summed E-state index contributed by atoms with van der Waals surface area (Å²) in [6, 6.07) is 0. The lowest BCUT2D eigenvalue weighted by atomic mass is 10.2. The highest BCUT2D eigenvalue weighted by molar-refractivity contribution is 7.89. The van der Waals surface area contributed by atoms with Gasteiger partial charge in [0, 0.05) is 0 Å². The topological polar surface area (TPSA) is 134 Å². The second-order valence-electron chi connectivity index (χ2n) is 4.30. The Balaban J connectivity index is 3.12. The van der Waals surface area contributed by atoms with E-state index in [-0.39, 0.29) is 0 Å². The van der Waals surface area contributed by atoms with Crippen LogP contribution in [-0.2, 0) is 19.5 Å². The predicted octanol–water partition coefficient (Wildman–Crippen LogP) is -0.336. The van der Waals surface area contributed by atoms with Gasteiger partial charge in [-0.3, -0.25) is 10.1 Å². The molecule has 0 atom stereocenters. The lowest BCUT2D eigenvalue weighted by Crippen LogP contribution is -2.60. The highest BCUT2D eigenvalue weighted by atomic mass is 32.2. The molecule has 0 saturated carbocycles. The SMILES string of the molecule is CC1(C)OCC([N+](=O)[O-])([N+]([O-])=NS(C)(=O)=O)CO1. The van der Waals surface area contributed by atoms with E-state index in [0.29, 0.717) is 6.26 Å². The molecule has 104 valence electrons. The number of ether oxygens (including phenoxy) is 2. The van der Waals surface area contributed by atoms with E-state index in [4.69, 9.17) is 9.47 Å². The van der Waals surface area contributed by atoms with Gasteiger partial charge in [-0.15, -0.1) is 0 Å². The number of hydroxylamine groups is 1. The first kappa shape index (κ1) is 14.7. The second kappa shape index (κ2) is 4.40. The van der Waals surface area contributed by atoms with Gasteiger partial charge in [0.25, 0.3) is 0 Å². The molecule has 0 aliphatic carbocycles. The Morgan fingerprint density at radius 2 is 1.67 bits per heavy atom. The molecule has 0 aromatic rings. The fourth-order valence-corrected chi connectivity index (χ4v) is 1.58. The minimum Gasteiger partial charge on any atom is -0.593 e. The number of nitro groups is 1. The molecule has 0 spiro atoms. The van der Waals surface area contributed by atoms with Crippen molar-refractivity contribution >= 4 is 10.0 Å². The summed E-state index contributed by atoms with van der Waals surface area (Å²) in [4.78, 5) is 9.51. The number of hydrogen-bond acceptors (Lipinski definition) is 7. The minimum absolute atomic E-state index is 0.489. The van der Waals surface area contributed by atoms with Gasteiger partial charge in [0.2, 0.25) is 0 Å². The molecule has 10 nitrogen and oxygen atoms in total. The molecule has 0 aromatic heterocycles. The van der Waals surface area contributed by atoms with Crippen LogP contribution in [0.3, 0.4) is 0 Å². The standard InChI is InChI=1S/C7H13N3O7S/c1-6(2)16-4-7(5-17-6,10(12)13)9(11)8-18(3,14)15/h4-5H2,1-3H3. The Morgan fingerprint density at radius 1 is 1.22 bits per heavy atom. The third-order valence-corrected chi connectivity index (χ3v) is 2.67. The average Bonchev–Trinajstić information content (AvgIpc) is 2.14. The summed E-state index contributed by atoms with van der Waals surface area (Å²) in [6.45, 7) is 1.77. The minimum atomic E-state index is -4.05. The Labute approximate surface area is 103 Å². The third kappa shape index (κ3) is 3.11. The van der Waals surface area contributed by atoms with Crippen LogP contribution in [0.2, 0.25) is 0 Å². The Bertz CT molecular complexity index is 473. The summed E-state index contributed by atoms with van der Waals surface area (Å²) < 4.78 is 34.5. The third-order valence-electron chi connectivity index (χ3n) is 2.22. The van der Waals surface area contributed by atoms with E-state index in [1.165, 1.54) is 13.8 Å². The molecule has 18 heavy (non-hydrogen) atoms. The Hall–Kier alpha value is -1.33. The van der Waals surface area contributed by atoms with Gasteiger partial charge in [-0.2, -0.15) is 8.42 Å². The molecule has 0 unspecified atom stereocenters. The average molecular weight is 283 g/mol. The molecule has 0 bridgehead atoms. The Morgan fingerprint density at radius 3 is 2.00 bits per heavy atom. The Kier molecular flexibility index (Phi) is 3.60. The van der Waals surface area contributed by atoms with Gasteiger partial charge in [-0.1, -0.05) is 0 Å². The number of sulfonamides is 1. The summed E-state index contributed by atoms with van der Waals surface area (Å²) >= 11 is 0. The maximum atomic E-state index is 11.6. The molecule has 11 heteroatoms. The van der Waals surface area contributed by atoms with Crippen molar-refractivity contribution < 1.29 is 27.7 Å².